The van der Waals surface area contributed by atoms with E-state index in [9.17, 15) is 4.79 Å². The van der Waals surface area contributed by atoms with Gasteiger partial charge in [0.15, 0.2) is 0 Å². The Morgan fingerprint density at radius 2 is 1.93 bits per heavy atom. The number of hydrogen-bond acceptors (Lipinski definition) is 6. The minimum absolute atomic E-state index is 0. The van der Waals surface area contributed by atoms with E-state index >= 15 is 0 Å². The van der Waals surface area contributed by atoms with Crippen molar-refractivity contribution in [1.82, 2.24) is 15.3 Å². The van der Waals surface area contributed by atoms with Gasteiger partial charge in [0.2, 0.25) is 5.78 Å². The zero-order chi connectivity index (χ0) is 20.1. The van der Waals surface area contributed by atoms with E-state index in [-0.39, 0.29) is 15.9 Å². The van der Waals surface area contributed by atoms with Crippen LogP contribution >= 0.6 is 0 Å². The number of carbonyl (C=O) groups is 1. The molecule has 0 spiro atoms. The van der Waals surface area contributed by atoms with E-state index in [1.165, 1.54) is 0 Å². The molecular formula is C23H31N5O. The molecule has 0 unspecified atom stereocenters. The van der Waals surface area contributed by atoms with Gasteiger partial charge in [0.05, 0.1) is 5.56 Å². The second kappa shape index (κ2) is 8.84. The number of nitrogen functional groups attached to an aromatic ring is 1. The summed E-state index contributed by atoms with van der Waals surface area (Å²) in [5.74, 6) is 0.865. The lowest BCUT2D eigenvalue weighted by atomic mass is 10.0. The maximum absolute atomic E-state index is 13.2. The second-order valence-corrected chi connectivity index (χ2v) is 7.24. The highest BCUT2D eigenvalue weighted by Crippen LogP contribution is 2.20. The summed E-state index contributed by atoms with van der Waals surface area (Å²) < 4.78 is 0. The van der Waals surface area contributed by atoms with Gasteiger partial charge in [-0.25, -0.2) is 9.97 Å². The third kappa shape index (κ3) is 4.60. The van der Waals surface area contributed by atoms with Crippen molar-refractivity contribution in [3.63, 3.8) is 0 Å². The lowest BCUT2D eigenvalue weighted by Crippen LogP contribution is -2.29. The first-order chi connectivity index (χ1) is 14.2. The highest BCUT2D eigenvalue weighted by molar-refractivity contribution is 6.10. The Kier molecular flexibility index (Phi) is 5.81. The molecule has 6 heteroatoms. The molecule has 1 aliphatic heterocycles. The van der Waals surface area contributed by atoms with Crippen LogP contribution in [0.4, 0.5) is 11.6 Å². The van der Waals surface area contributed by atoms with Crippen molar-refractivity contribution in [3.05, 3.63) is 83.2 Å². The van der Waals surface area contributed by atoms with Crippen molar-refractivity contribution in [3.8, 4) is 0 Å². The van der Waals surface area contributed by atoms with Gasteiger partial charge in [-0.2, -0.15) is 0 Å². The van der Waals surface area contributed by atoms with Crippen LogP contribution in [0.25, 0.3) is 0 Å². The summed E-state index contributed by atoms with van der Waals surface area (Å²) in [5, 5.41) is 3.38. The standard InChI is InChI=1S/C23H25N5O.3H2/c24-23-19(15-18(16-26-23)14-17-6-2-1-3-7-17)22(29)20-8-4-9-21(27-20)28-12-5-10-25-11-13-28;;;/h1-4,6-9,15-16,25H,5,10-14H2,(H2,24,26);3*1H. The number of nitrogens with two attached hydrogens (primary N) is 1. The summed E-state index contributed by atoms with van der Waals surface area (Å²) in [6, 6.07) is 17.5. The van der Waals surface area contributed by atoms with Gasteiger partial charge in [-0.1, -0.05) is 36.4 Å². The number of nitrogens with zero attached hydrogens (tertiary/aromatic N) is 3. The molecule has 0 atom stereocenters. The molecule has 0 saturated carbocycles. The molecule has 0 bridgehead atoms. The molecular weight excluding hydrogens is 362 g/mol. The van der Waals surface area contributed by atoms with Crippen LogP contribution < -0.4 is 16.0 Å². The smallest absolute Gasteiger partial charge is 0.215 e. The molecule has 0 amide bonds. The van der Waals surface area contributed by atoms with Crippen molar-refractivity contribution < 1.29 is 9.07 Å². The Labute approximate surface area is 175 Å². The zero-order valence-electron chi connectivity index (χ0n) is 16.3. The van der Waals surface area contributed by atoms with Crippen LogP contribution in [0.15, 0.2) is 60.8 Å². The van der Waals surface area contributed by atoms with Gasteiger partial charge in [-0.3, -0.25) is 4.79 Å². The SMILES string of the molecule is Nc1ncc(Cc2ccccc2)cc1C(=O)c1cccc(N2CCCNCC2)n1.[HH].[HH].[HH]. The average molecular weight is 394 g/mol. The van der Waals surface area contributed by atoms with E-state index in [1.807, 2.05) is 36.4 Å². The summed E-state index contributed by atoms with van der Waals surface area (Å²) in [6.07, 6.45) is 3.48. The Morgan fingerprint density at radius 1 is 1.07 bits per heavy atom. The van der Waals surface area contributed by atoms with Crippen LogP contribution in [-0.4, -0.2) is 41.9 Å². The van der Waals surface area contributed by atoms with Gasteiger partial charge >= 0.3 is 0 Å². The minimum Gasteiger partial charge on any atom is -0.383 e. The van der Waals surface area contributed by atoms with E-state index < -0.39 is 0 Å². The van der Waals surface area contributed by atoms with Crippen molar-refractivity contribution >= 4 is 17.4 Å². The first kappa shape index (κ1) is 19.1. The average Bonchev–Trinajstić information content (AvgIpc) is 3.05. The first-order valence-electron chi connectivity index (χ1n) is 9.96. The Bertz CT molecular complexity index is 996. The molecule has 29 heavy (non-hydrogen) atoms. The zero-order valence-corrected chi connectivity index (χ0v) is 16.3. The first-order valence-corrected chi connectivity index (χ1v) is 9.96. The normalized spacial score (nSPS) is 14.4. The number of carbonyl (C=O) groups excluding carboxylic acids is 1. The molecule has 1 aromatic carbocycles. The van der Waals surface area contributed by atoms with Crippen LogP contribution in [0.5, 0.6) is 0 Å². The summed E-state index contributed by atoms with van der Waals surface area (Å²) in [6.45, 7) is 3.72. The molecule has 154 valence electrons. The molecule has 2 aromatic heterocycles. The maximum Gasteiger partial charge on any atom is 0.215 e. The minimum atomic E-state index is -0.195. The number of aromatic nitrogens is 2. The Morgan fingerprint density at radius 3 is 2.79 bits per heavy atom. The molecule has 6 nitrogen and oxygen atoms in total. The summed E-state index contributed by atoms with van der Waals surface area (Å²) >= 11 is 0. The van der Waals surface area contributed by atoms with Crippen LogP contribution in [0.1, 0.15) is 37.9 Å². The summed E-state index contributed by atoms with van der Waals surface area (Å²) in [5.41, 5.74) is 8.95. The second-order valence-electron chi connectivity index (χ2n) is 7.24. The fourth-order valence-electron chi connectivity index (χ4n) is 3.57. The van der Waals surface area contributed by atoms with Gasteiger partial charge < -0.3 is 16.0 Å². The lowest BCUT2D eigenvalue weighted by molar-refractivity contribution is 0.103. The van der Waals surface area contributed by atoms with E-state index in [4.69, 9.17) is 5.73 Å². The van der Waals surface area contributed by atoms with Gasteiger partial charge in [-0.15, -0.1) is 0 Å². The molecule has 4 rings (SSSR count). The van der Waals surface area contributed by atoms with E-state index in [1.54, 1.807) is 12.3 Å². The van der Waals surface area contributed by atoms with Crippen LogP contribution in [0.2, 0.25) is 0 Å². The number of ketones is 1. The van der Waals surface area contributed by atoms with E-state index in [0.717, 1.165) is 49.5 Å². The molecule has 3 heterocycles. The topological polar surface area (TPSA) is 84.1 Å². The highest BCUT2D eigenvalue weighted by atomic mass is 16.1. The monoisotopic (exact) mass is 393 g/mol. The molecule has 3 aromatic rings. The number of pyridine rings is 2. The molecule has 1 aliphatic rings. The van der Waals surface area contributed by atoms with Crippen LogP contribution in [0.3, 0.4) is 0 Å². The third-order valence-electron chi connectivity index (χ3n) is 5.10. The van der Waals surface area contributed by atoms with Crippen molar-refractivity contribution in [1.29, 1.82) is 0 Å². The summed E-state index contributed by atoms with van der Waals surface area (Å²) in [7, 11) is 0. The van der Waals surface area contributed by atoms with Crippen LogP contribution in [0, 0.1) is 0 Å². The van der Waals surface area contributed by atoms with Crippen LogP contribution in [-0.2, 0) is 6.42 Å². The Balaban J connectivity index is 0.00000171. The molecule has 0 aliphatic carbocycles. The molecule has 0 radical (unpaired) electrons. The maximum atomic E-state index is 13.2. The van der Waals surface area contributed by atoms with Crippen molar-refractivity contribution in [2.75, 3.05) is 36.8 Å². The number of rotatable bonds is 5. The molecule has 1 saturated heterocycles. The number of nitrogens with one attached hydrogen (secondary N) is 1. The van der Waals surface area contributed by atoms with Gasteiger partial charge in [-0.05, 0) is 48.7 Å². The summed E-state index contributed by atoms with van der Waals surface area (Å²) in [4.78, 5) is 24.3. The fourth-order valence-corrected chi connectivity index (χ4v) is 3.57. The van der Waals surface area contributed by atoms with Crippen molar-refractivity contribution in [2.24, 2.45) is 0 Å². The quantitative estimate of drug-likeness (QED) is 0.646. The Hall–Kier alpha value is -3.25. The van der Waals surface area contributed by atoms with Crippen molar-refractivity contribution in [2.45, 2.75) is 12.8 Å². The van der Waals surface area contributed by atoms with E-state index in [2.05, 4.69) is 32.3 Å². The number of benzene rings is 1. The predicted molar refractivity (Wildman–Crippen MR) is 122 cm³/mol. The predicted octanol–water partition coefficient (Wildman–Crippen LogP) is 3.42. The largest absolute Gasteiger partial charge is 0.383 e. The van der Waals surface area contributed by atoms with Gasteiger partial charge in [0, 0.05) is 30.1 Å². The van der Waals surface area contributed by atoms with E-state index in [0.29, 0.717) is 17.7 Å². The number of hydrogen-bond donors (Lipinski definition) is 2. The lowest BCUT2D eigenvalue weighted by Gasteiger charge is -2.21. The van der Waals surface area contributed by atoms with Gasteiger partial charge in [0.1, 0.15) is 17.3 Å². The molecule has 1 fully saturated rings. The number of anilines is 2. The molecule has 3 N–H and O–H groups in total. The third-order valence-corrected chi connectivity index (χ3v) is 5.10. The fraction of sp³-hybridized carbons (Fsp3) is 0.261. The highest BCUT2D eigenvalue weighted by Gasteiger charge is 2.18. The van der Waals surface area contributed by atoms with Gasteiger partial charge in [0.25, 0.3) is 0 Å².